The number of guanidine groups is 1. The summed E-state index contributed by atoms with van der Waals surface area (Å²) in [7, 11) is 0. The van der Waals surface area contributed by atoms with Gasteiger partial charge in [-0.15, -0.1) is 24.0 Å². The van der Waals surface area contributed by atoms with E-state index in [1.54, 1.807) is 0 Å². The Morgan fingerprint density at radius 3 is 2.26 bits per heavy atom. The molecule has 0 atom stereocenters. The van der Waals surface area contributed by atoms with Crippen LogP contribution >= 0.6 is 24.0 Å². The summed E-state index contributed by atoms with van der Waals surface area (Å²) in [6.07, 6.45) is 2.76. The molecule has 0 aromatic heterocycles. The Kier molecular flexibility index (Phi) is 10.6. The zero-order chi connectivity index (χ0) is 21.5. The number of halogens is 1. The number of nitrogens with one attached hydrogen (secondary N) is 1. The molecule has 1 aromatic carbocycles. The molecular weight excluding hydrogens is 503 g/mol. The fraction of sp³-hybridized carbons (Fsp3) is 0.667. The van der Waals surface area contributed by atoms with Gasteiger partial charge in [-0.2, -0.15) is 0 Å². The van der Waals surface area contributed by atoms with Gasteiger partial charge >= 0.3 is 0 Å². The van der Waals surface area contributed by atoms with Crippen LogP contribution in [0.4, 0.5) is 0 Å². The molecule has 1 aromatic rings. The highest BCUT2D eigenvalue weighted by Gasteiger charge is 2.30. The van der Waals surface area contributed by atoms with Gasteiger partial charge in [0.15, 0.2) is 5.96 Å². The molecule has 3 rings (SSSR count). The Bertz CT molecular complexity index is 731. The van der Waals surface area contributed by atoms with Crippen molar-refractivity contribution in [3.05, 3.63) is 34.4 Å². The molecule has 2 fully saturated rings. The van der Waals surface area contributed by atoms with Crippen LogP contribution in [0.3, 0.4) is 0 Å². The van der Waals surface area contributed by atoms with Crippen molar-refractivity contribution in [1.29, 1.82) is 0 Å². The molecule has 2 aliphatic rings. The third-order valence-electron chi connectivity index (χ3n) is 6.27. The van der Waals surface area contributed by atoms with Gasteiger partial charge in [-0.25, -0.2) is 0 Å². The Labute approximate surface area is 204 Å². The maximum atomic E-state index is 12.8. The maximum absolute atomic E-state index is 12.8. The number of amides is 1. The first-order valence-corrected chi connectivity index (χ1v) is 11.5. The van der Waals surface area contributed by atoms with Crippen LogP contribution in [-0.2, 0) is 16.0 Å². The molecule has 6 nitrogen and oxygen atoms in total. The lowest BCUT2D eigenvalue weighted by Gasteiger charge is -2.36. The van der Waals surface area contributed by atoms with Gasteiger partial charge in [0.25, 0.3) is 0 Å². The molecule has 2 aliphatic heterocycles. The highest BCUT2D eigenvalue weighted by molar-refractivity contribution is 14.0. The molecule has 7 heteroatoms. The summed E-state index contributed by atoms with van der Waals surface area (Å²) < 4.78 is 5.38. The number of likely N-dealkylation sites (tertiary alicyclic amines) is 1. The van der Waals surface area contributed by atoms with E-state index in [-0.39, 0.29) is 29.9 Å². The molecule has 1 N–H and O–H groups in total. The number of morpholine rings is 1. The van der Waals surface area contributed by atoms with Crippen molar-refractivity contribution < 1.29 is 9.53 Å². The first-order chi connectivity index (χ1) is 14.5. The van der Waals surface area contributed by atoms with E-state index in [1.165, 1.54) is 22.3 Å². The summed E-state index contributed by atoms with van der Waals surface area (Å²) in [5.41, 5.74) is 5.44. The van der Waals surface area contributed by atoms with Crippen LogP contribution in [0.25, 0.3) is 0 Å². The summed E-state index contributed by atoms with van der Waals surface area (Å²) in [6, 6.07) is 4.51. The first kappa shape index (κ1) is 25.9. The van der Waals surface area contributed by atoms with Crippen molar-refractivity contribution in [3.63, 3.8) is 0 Å². The molecule has 2 saturated heterocycles. The Morgan fingerprint density at radius 1 is 1.06 bits per heavy atom. The van der Waals surface area contributed by atoms with Gasteiger partial charge in [-0.3, -0.25) is 9.79 Å². The largest absolute Gasteiger partial charge is 0.378 e. The summed E-state index contributed by atoms with van der Waals surface area (Å²) in [5, 5.41) is 3.45. The Hall–Kier alpha value is -1.35. The molecule has 0 aliphatic carbocycles. The predicted octanol–water partition coefficient (Wildman–Crippen LogP) is 3.31. The van der Waals surface area contributed by atoms with Gasteiger partial charge in [0.1, 0.15) is 0 Å². The second-order valence-corrected chi connectivity index (χ2v) is 8.56. The van der Waals surface area contributed by atoms with Crippen molar-refractivity contribution in [1.82, 2.24) is 15.1 Å². The Balaban J connectivity index is 0.00000341. The van der Waals surface area contributed by atoms with Gasteiger partial charge in [0, 0.05) is 45.2 Å². The minimum atomic E-state index is 0. The third-order valence-corrected chi connectivity index (χ3v) is 6.27. The van der Waals surface area contributed by atoms with Crippen LogP contribution in [-0.4, -0.2) is 74.1 Å². The lowest BCUT2D eigenvalue weighted by Crippen LogP contribution is -2.50. The highest BCUT2D eigenvalue weighted by Crippen LogP contribution is 2.21. The number of aliphatic imine (C=N–C) groups is 1. The van der Waals surface area contributed by atoms with Crippen LogP contribution in [0.5, 0.6) is 0 Å². The molecular formula is C24H39IN4O2. The number of carbonyl (C=O) groups excluding carboxylic acids is 1. The second-order valence-electron chi connectivity index (χ2n) is 8.56. The van der Waals surface area contributed by atoms with Crippen molar-refractivity contribution >= 4 is 35.8 Å². The molecule has 1 amide bonds. The normalized spacial score (nSPS) is 18.0. The maximum Gasteiger partial charge on any atom is 0.225 e. The summed E-state index contributed by atoms with van der Waals surface area (Å²) in [6.45, 7) is 14.9. The lowest BCUT2D eigenvalue weighted by molar-refractivity contribution is -0.140. The van der Waals surface area contributed by atoms with Crippen LogP contribution in [0.2, 0.25) is 0 Å². The number of hydrogen-bond acceptors (Lipinski definition) is 3. The standard InChI is InChI=1S/C24H38N4O2.HI/c1-5-25-24(26-9-6-22-19(3)16-18(2)17-20(22)4)28-10-7-21(8-11-28)23(29)27-12-14-30-15-13-27;/h16-17,21H,5-15H2,1-4H3,(H,25,26);1H. The number of aryl methyl sites for hydroxylation is 3. The predicted molar refractivity (Wildman–Crippen MR) is 137 cm³/mol. The fourth-order valence-corrected chi connectivity index (χ4v) is 4.68. The number of ether oxygens (including phenoxy) is 1. The molecule has 0 unspecified atom stereocenters. The number of nitrogens with zero attached hydrogens (tertiary/aromatic N) is 3. The molecule has 0 radical (unpaired) electrons. The van der Waals surface area contributed by atoms with E-state index < -0.39 is 0 Å². The minimum Gasteiger partial charge on any atom is -0.378 e. The summed E-state index contributed by atoms with van der Waals surface area (Å²) >= 11 is 0. The van der Waals surface area contributed by atoms with E-state index in [2.05, 4.69) is 50.0 Å². The van der Waals surface area contributed by atoms with E-state index >= 15 is 0 Å². The van der Waals surface area contributed by atoms with Gasteiger partial charge in [0.2, 0.25) is 5.91 Å². The number of carbonyl (C=O) groups is 1. The van der Waals surface area contributed by atoms with E-state index in [9.17, 15) is 4.79 Å². The average molecular weight is 543 g/mol. The molecule has 2 heterocycles. The Morgan fingerprint density at radius 2 is 1.68 bits per heavy atom. The van der Waals surface area contributed by atoms with Gasteiger partial charge in [-0.05, 0) is 63.6 Å². The smallest absolute Gasteiger partial charge is 0.225 e. The van der Waals surface area contributed by atoms with E-state index in [4.69, 9.17) is 9.73 Å². The average Bonchev–Trinajstić information content (AvgIpc) is 2.75. The number of benzene rings is 1. The summed E-state index contributed by atoms with van der Waals surface area (Å²) in [4.78, 5) is 22.0. The zero-order valence-corrected chi connectivity index (χ0v) is 21.9. The van der Waals surface area contributed by atoms with Crippen molar-refractivity contribution in [2.75, 3.05) is 52.5 Å². The third kappa shape index (κ3) is 7.07. The van der Waals surface area contributed by atoms with Gasteiger partial charge in [0.05, 0.1) is 13.2 Å². The van der Waals surface area contributed by atoms with Gasteiger partial charge in [-0.1, -0.05) is 17.7 Å². The lowest BCUT2D eigenvalue weighted by atomic mass is 9.95. The topological polar surface area (TPSA) is 57.2 Å². The monoisotopic (exact) mass is 542 g/mol. The molecule has 0 bridgehead atoms. The van der Waals surface area contributed by atoms with Crippen molar-refractivity contribution in [3.8, 4) is 0 Å². The van der Waals surface area contributed by atoms with Crippen molar-refractivity contribution in [2.45, 2.75) is 47.0 Å². The van der Waals surface area contributed by atoms with E-state index in [1.807, 2.05) is 4.90 Å². The number of hydrogen-bond donors (Lipinski definition) is 1. The fourth-order valence-electron chi connectivity index (χ4n) is 4.68. The highest BCUT2D eigenvalue weighted by atomic mass is 127. The molecule has 174 valence electrons. The quantitative estimate of drug-likeness (QED) is 0.353. The van der Waals surface area contributed by atoms with Crippen LogP contribution < -0.4 is 5.32 Å². The SMILES string of the molecule is CCNC(=NCCc1c(C)cc(C)cc1C)N1CCC(C(=O)N2CCOCC2)CC1.I. The number of piperidine rings is 1. The molecule has 31 heavy (non-hydrogen) atoms. The minimum absolute atomic E-state index is 0. The molecule has 0 saturated carbocycles. The van der Waals surface area contributed by atoms with E-state index in [0.29, 0.717) is 19.1 Å². The molecule has 0 spiro atoms. The van der Waals surface area contributed by atoms with E-state index in [0.717, 1.165) is 64.5 Å². The summed E-state index contributed by atoms with van der Waals surface area (Å²) in [5.74, 6) is 1.43. The van der Waals surface area contributed by atoms with Crippen LogP contribution in [0, 0.1) is 26.7 Å². The van der Waals surface area contributed by atoms with Crippen LogP contribution in [0.15, 0.2) is 17.1 Å². The second kappa shape index (κ2) is 12.6. The van der Waals surface area contributed by atoms with Crippen LogP contribution in [0.1, 0.15) is 42.0 Å². The zero-order valence-electron chi connectivity index (χ0n) is 19.6. The van der Waals surface area contributed by atoms with Crippen molar-refractivity contribution in [2.24, 2.45) is 10.9 Å². The van der Waals surface area contributed by atoms with Gasteiger partial charge < -0.3 is 19.9 Å². The number of rotatable bonds is 5. The first-order valence-electron chi connectivity index (χ1n) is 11.5.